The Morgan fingerprint density at radius 2 is 1.94 bits per heavy atom. The van der Waals surface area contributed by atoms with E-state index in [1.54, 1.807) is 18.5 Å². The maximum Gasteiger partial charge on any atom is 0.276 e. The van der Waals surface area contributed by atoms with Gasteiger partial charge in [-0.3, -0.25) is 9.78 Å². The zero-order valence-electron chi connectivity index (χ0n) is 21.0. The molecule has 7 heteroatoms. The maximum absolute atomic E-state index is 13.3. The Hall–Kier alpha value is -3.87. The summed E-state index contributed by atoms with van der Waals surface area (Å²) in [5.41, 5.74) is 5.59. The molecule has 1 saturated heterocycles. The second-order valence-electron chi connectivity index (χ2n) is 9.91. The monoisotopic (exact) mass is 481 g/mol. The molecule has 5 rings (SSSR count). The highest BCUT2D eigenvalue weighted by Crippen LogP contribution is 2.35. The van der Waals surface area contributed by atoms with Crippen molar-refractivity contribution in [3.05, 3.63) is 83.8 Å². The molecule has 184 valence electrons. The summed E-state index contributed by atoms with van der Waals surface area (Å²) >= 11 is 0. The number of benzene rings is 1. The van der Waals surface area contributed by atoms with Crippen molar-refractivity contribution in [1.82, 2.24) is 25.0 Å². The fraction of sp³-hybridized carbons (Fsp3) is 0.345. The summed E-state index contributed by atoms with van der Waals surface area (Å²) in [6.45, 7) is 7.62. The van der Waals surface area contributed by atoms with Gasteiger partial charge in [0.25, 0.3) is 5.91 Å². The van der Waals surface area contributed by atoms with Crippen LogP contribution >= 0.6 is 0 Å². The molecular formula is C29H31N5O2. The van der Waals surface area contributed by atoms with Crippen LogP contribution in [-0.4, -0.2) is 44.0 Å². The van der Waals surface area contributed by atoms with Gasteiger partial charge in [0.05, 0.1) is 5.69 Å². The molecule has 4 heterocycles. The van der Waals surface area contributed by atoms with Crippen molar-refractivity contribution in [1.29, 1.82) is 0 Å². The Bertz CT molecular complexity index is 1350. The number of amides is 1. The number of likely N-dealkylation sites (tertiary alicyclic amines) is 1. The van der Waals surface area contributed by atoms with Crippen molar-refractivity contribution in [2.24, 2.45) is 5.92 Å². The molecule has 4 aromatic rings. The van der Waals surface area contributed by atoms with Gasteiger partial charge in [-0.2, -0.15) is 0 Å². The van der Waals surface area contributed by atoms with Crippen LogP contribution in [0.5, 0.6) is 0 Å². The number of hydrogen-bond acceptors (Lipinski definition) is 6. The fourth-order valence-corrected chi connectivity index (χ4v) is 4.89. The van der Waals surface area contributed by atoms with Crippen LogP contribution in [0.3, 0.4) is 0 Å². The molecule has 3 aromatic heterocycles. The minimum Gasteiger partial charge on any atom is -0.361 e. The molecular weight excluding hydrogens is 450 g/mol. The molecule has 1 aromatic carbocycles. The third-order valence-electron chi connectivity index (χ3n) is 6.67. The first kappa shape index (κ1) is 23.9. The molecule has 0 aliphatic carbocycles. The van der Waals surface area contributed by atoms with Crippen molar-refractivity contribution in [2.75, 3.05) is 13.1 Å². The number of hydrogen-bond donors (Lipinski definition) is 0. The first-order chi connectivity index (χ1) is 17.5. The highest BCUT2D eigenvalue weighted by molar-refractivity contribution is 5.92. The van der Waals surface area contributed by atoms with E-state index in [9.17, 15) is 4.79 Å². The smallest absolute Gasteiger partial charge is 0.276 e. The zero-order chi connectivity index (χ0) is 25.1. The lowest BCUT2D eigenvalue weighted by molar-refractivity contribution is 0.0695. The van der Waals surface area contributed by atoms with Gasteiger partial charge in [0.2, 0.25) is 0 Å². The molecule has 7 nitrogen and oxygen atoms in total. The van der Waals surface area contributed by atoms with Gasteiger partial charge in [0, 0.05) is 61.2 Å². The molecule has 1 atom stereocenters. The number of carbonyl (C=O) groups excluding carboxylic acids is 1. The Labute approximate surface area is 211 Å². The summed E-state index contributed by atoms with van der Waals surface area (Å²) in [4.78, 5) is 29.1. The Balaban J connectivity index is 1.48. The van der Waals surface area contributed by atoms with Gasteiger partial charge in [0.1, 0.15) is 5.76 Å². The predicted molar refractivity (Wildman–Crippen MR) is 138 cm³/mol. The first-order valence-corrected chi connectivity index (χ1v) is 12.6. The summed E-state index contributed by atoms with van der Waals surface area (Å²) in [5, 5.41) is 4.07. The van der Waals surface area contributed by atoms with Gasteiger partial charge in [-0.25, -0.2) is 9.97 Å². The third-order valence-corrected chi connectivity index (χ3v) is 6.67. The van der Waals surface area contributed by atoms with Gasteiger partial charge in [-0.1, -0.05) is 43.3 Å². The van der Waals surface area contributed by atoms with Crippen molar-refractivity contribution >= 4 is 5.91 Å². The van der Waals surface area contributed by atoms with Crippen LogP contribution < -0.4 is 0 Å². The summed E-state index contributed by atoms with van der Waals surface area (Å²) in [5.74, 6) is 1.86. The highest BCUT2D eigenvalue weighted by Gasteiger charge is 2.30. The van der Waals surface area contributed by atoms with E-state index in [-0.39, 0.29) is 11.8 Å². The van der Waals surface area contributed by atoms with Gasteiger partial charge in [0.15, 0.2) is 11.5 Å². The van der Waals surface area contributed by atoms with Crippen LogP contribution in [-0.2, 0) is 6.42 Å². The molecule has 0 bridgehead atoms. The maximum atomic E-state index is 13.3. The second-order valence-corrected chi connectivity index (χ2v) is 9.91. The minimum atomic E-state index is -0.0840. The number of carbonyl (C=O) groups is 1. The molecule has 1 aliphatic heterocycles. The highest BCUT2D eigenvalue weighted by atomic mass is 16.5. The van der Waals surface area contributed by atoms with E-state index in [0.717, 1.165) is 47.4 Å². The standard InChI is InChI=1S/C29H31N5O2/c1-19(2)15-23-16-26(33-36-23)29(35)34-14-6-8-22(18-34)27-25(24-9-5-4-7-20(24)3)17-31-28(32-27)21-10-12-30-13-11-21/h4-5,7,9-13,16-17,19,22H,6,8,14-15,18H2,1-3H3/t22-/m1/s1. The zero-order valence-corrected chi connectivity index (χ0v) is 21.0. The molecule has 1 fully saturated rings. The molecule has 0 saturated carbocycles. The Kier molecular flexibility index (Phi) is 6.89. The largest absolute Gasteiger partial charge is 0.361 e. The van der Waals surface area contributed by atoms with Gasteiger partial charge in [-0.15, -0.1) is 0 Å². The fourth-order valence-electron chi connectivity index (χ4n) is 4.89. The molecule has 0 radical (unpaired) electrons. The second kappa shape index (κ2) is 10.4. The van der Waals surface area contributed by atoms with Crippen LogP contribution in [0.4, 0.5) is 0 Å². The van der Waals surface area contributed by atoms with Crippen LogP contribution in [0.15, 0.2) is 65.6 Å². The molecule has 1 amide bonds. The van der Waals surface area contributed by atoms with E-state index < -0.39 is 0 Å². The average Bonchev–Trinajstić information content (AvgIpc) is 3.36. The SMILES string of the molecule is Cc1ccccc1-c1cnc(-c2ccncc2)nc1[C@@H]1CCCN(C(=O)c2cc(CC(C)C)on2)C1. The lowest BCUT2D eigenvalue weighted by Gasteiger charge is -2.33. The van der Waals surface area contributed by atoms with Crippen LogP contribution in [0, 0.1) is 12.8 Å². The number of pyridine rings is 1. The van der Waals surface area contributed by atoms with Gasteiger partial charge >= 0.3 is 0 Å². The molecule has 1 aliphatic rings. The molecule has 36 heavy (non-hydrogen) atoms. The average molecular weight is 482 g/mol. The van der Waals surface area contributed by atoms with E-state index in [0.29, 0.717) is 30.5 Å². The van der Waals surface area contributed by atoms with Crippen LogP contribution in [0.25, 0.3) is 22.5 Å². The lowest BCUT2D eigenvalue weighted by atomic mass is 9.88. The number of rotatable bonds is 6. The van der Waals surface area contributed by atoms with Crippen molar-refractivity contribution in [3.8, 4) is 22.5 Å². The predicted octanol–water partition coefficient (Wildman–Crippen LogP) is 5.72. The summed E-state index contributed by atoms with van der Waals surface area (Å²) in [6, 6.07) is 13.9. The Morgan fingerprint density at radius 3 is 2.72 bits per heavy atom. The number of aromatic nitrogens is 4. The van der Waals surface area contributed by atoms with Crippen molar-refractivity contribution < 1.29 is 9.32 Å². The quantitative estimate of drug-likeness (QED) is 0.350. The van der Waals surface area contributed by atoms with E-state index in [2.05, 4.69) is 43.0 Å². The van der Waals surface area contributed by atoms with E-state index in [4.69, 9.17) is 14.5 Å². The van der Waals surface area contributed by atoms with Crippen LogP contribution in [0.2, 0.25) is 0 Å². The van der Waals surface area contributed by atoms with Gasteiger partial charge in [-0.05, 0) is 48.9 Å². The third kappa shape index (κ3) is 5.05. The molecule has 0 unspecified atom stereocenters. The van der Waals surface area contributed by atoms with Gasteiger partial charge < -0.3 is 9.42 Å². The van der Waals surface area contributed by atoms with E-state index in [1.807, 2.05) is 35.4 Å². The number of nitrogens with zero attached hydrogens (tertiary/aromatic N) is 5. The van der Waals surface area contributed by atoms with Crippen molar-refractivity contribution in [3.63, 3.8) is 0 Å². The first-order valence-electron chi connectivity index (χ1n) is 12.6. The number of piperidine rings is 1. The van der Waals surface area contributed by atoms with E-state index in [1.165, 1.54) is 5.56 Å². The Morgan fingerprint density at radius 1 is 1.14 bits per heavy atom. The molecule has 0 spiro atoms. The topological polar surface area (TPSA) is 85.0 Å². The molecule has 0 N–H and O–H groups in total. The summed E-state index contributed by atoms with van der Waals surface area (Å²) in [7, 11) is 0. The van der Waals surface area contributed by atoms with Crippen LogP contribution in [0.1, 0.15) is 60.1 Å². The lowest BCUT2D eigenvalue weighted by Crippen LogP contribution is -2.39. The minimum absolute atomic E-state index is 0.0840. The van der Waals surface area contributed by atoms with Crippen molar-refractivity contribution in [2.45, 2.75) is 46.0 Å². The summed E-state index contributed by atoms with van der Waals surface area (Å²) < 4.78 is 5.43. The summed E-state index contributed by atoms with van der Waals surface area (Å²) in [6.07, 6.45) is 8.04. The number of aryl methyl sites for hydroxylation is 1. The van der Waals surface area contributed by atoms with E-state index >= 15 is 0 Å². The normalized spacial score (nSPS) is 15.9.